The van der Waals surface area contributed by atoms with Crippen molar-refractivity contribution in [3.63, 3.8) is 0 Å². The van der Waals surface area contributed by atoms with Crippen molar-refractivity contribution in [2.75, 3.05) is 41.3 Å². The average molecular weight is 358 g/mol. The molecule has 2 amide bonds. The summed E-state index contributed by atoms with van der Waals surface area (Å²) in [5.74, 6) is 0.967. The molecule has 7 nitrogen and oxygen atoms in total. The number of nitrogens with one attached hydrogen (secondary N) is 2. The molecule has 26 heavy (non-hydrogen) atoms. The van der Waals surface area contributed by atoms with Gasteiger partial charge in [0.05, 0.1) is 0 Å². The molecule has 0 bridgehead atoms. The molecule has 3 rings (SSSR count). The fourth-order valence-corrected chi connectivity index (χ4v) is 2.82. The van der Waals surface area contributed by atoms with Gasteiger partial charge in [0.2, 0.25) is 0 Å². The van der Waals surface area contributed by atoms with E-state index in [1.54, 1.807) is 18.2 Å². The SMILES string of the molecule is CC(C)NC(=O)Nc1ccc(N2CCN(c3ccc(F)cc3)CC2)nn1. The normalized spacial score (nSPS) is 14.5. The van der Waals surface area contributed by atoms with Crippen molar-refractivity contribution in [3.8, 4) is 0 Å². The summed E-state index contributed by atoms with van der Waals surface area (Å²) in [6.45, 7) is 7.02. The third kappa shape index (κ3) is 4.59. The fraction of sp³-hybridized carbons (Fsp3) is 0.389. The Hall–Kier alpha value is -2.90. The van der Waals surface area contributed by atoms with Crippen LogP contribution in [0.25, 0.3) is 0 Å². The van der Waals surface area contributed by atoms with Crippen LogP contribution in [0.1, 0.15) is 13.8 Å². The Labute approximate surface area is 152 Å². The number of nitrogens with zero attached hydrogens (tertiary/aromatic N) is 4. The molecule has 0 spiro atoms. The molecule has 1 aromatic carbocycles. The second-order valence-electron chi connectivity index (χ2n) is 6.48. The Bertz CT molecular complexity index is 726. The number of piperazine rings is 1. The summed E-state index contributed by atoms with van der Waals surface area (Å²) >= 11 is 0. The van der Waals surface area contributed by atoms with Crippen molar-refractivity contribution in [1.29, 1.82) is 0 Å². The monoisotopic (exact) mass is 358 g/mol. The highest BCUT2D eigenvalue weighted by Gasteiger charge is 2.19. The van der Waals surface area contributed by atoms with Gasteiger partial charge in [0.25, 0.3) is 0 Å². The Morgan fingerprint density at radius 2 is 1.65 bits per heavy atom. The van der Waals surface area contributed by atoms with Gasteiger partial charge in [-0.2, -0.15) is 0 Å². The maximum Gasteiger partial charge on any atom is 0.320 e. The number of anilines is 3. The first-order valence-electron chi connectivity index (χ1n) is 8.68. The number of benzene rings is 1. The van der Waals surface area contributed by atoms with Gasteiger partial charge < -0.3 is 15.1 Å². The van der Waals surface area contributed by atoms with Crippen LogP contribution in [-0.4, -0.2) is 48.4 Å². The molecule has 2 heterocycles. The molecule has 0 saturated carbocycles. The molecule has 0 unspecified atom stereocenters. The average Bonchev–Trinajstić information content (AvgIpc) is 2.62. The van der Waals surface area contributed by atoms with Crippen LogP contribution in [0, 0.1) is 5.82 Å². The summed E-state index contributed by atoms with van der Waals surface area (Å²) in [4.78, 5) is 16.0. The number of halogens is 1. The van der Waals surface area contributed by atoms with Gasteiger partial charge in [-0.15, -0.1) is 10.2 Å². The van der Waals surface area contributed by atoms with Gasteiger partial charge in [-0.1, -0.05) is 0 Å². The molecule has 0 atom stereocenters. The molecule has 1 aliphatic heterocycles. The minimum atomic E-state index is -0.296. The molecular formula is C18H23FN6O. The van der Waals surface area contributed by atoms with E-state index in [4.69, 9.17) is 0 Å². The number of carbonyl (C=O) groups excluding carboxylic acids is 1. The summed E-state index contributed by atoms with van der Waals surface area (Å²) in [6.07, 6.45) is 0. The summed E-state index contributed by atoms with van der Waals surface area (Å²) in [7, 11) is 0. The van der Waals surface area contributed by atoms with Crippen LogP contribution in [0.3, 0.4) is 0 Å². The zero-order valence-electron chi connectivity index (χ0n) is 14.9. The van der Waals surface area contributed by atoms with Crippen molar-refractivity contribution in [2.24, 2.45) is 0 Å². The van der Waals surface area contributed by atoms with Crippen molar-refractivity contribution < 1.29 is 9.18 Å². The number of carbonyl (C=O) groups is 1. The maximum atomic E-state index is 13.0. The number of rotatable bonds is 4. The molecule has 1 aromatic heterocycles. The van der Waals surface area contributed by atoms with Gasteiger partial charge >= 0.3 is 6.03 Å². The lowest BCUT2D eigenvalue weighted by Crippen LogP contribution is -2.46. The lowest BCUT2D eigenvalue weighted by molar-refractivity contribution is 0.250. The molecule has 138 valence electrons. The van der Waals surface area contributed by atoms with Gasteiger partial charge in [0.15, 0.2) is 11.6 Å². The zero-order chi connectivity index (χ0) is 18.5. The predicted octanol–water partition coefficient (Wildman–Crippen LogP) is 2.47. The lowest BCUT2D eigenvalue weighted by atomic mass is 10.2. The highest BCUT2D eigenvalue weighted by atomic mass is 19.1. The van der Waals surface area contributed by atoms with E-state index in [9.17, 15) is 9.18 Å². The Balaban J connectivity index is 1.54. The van der Waals surface area contributed by atoms with Crippen LogP contribution in [-0.2, 0) is 0 Å². The van der Waals surface area contributed by atoms with E-state index in [-0.39, 0.29) is 17.9 Å². The van der Waals surface area contributed by atoms with E-state index in [2.05, 4.69) is 30.6 Å². The first-order valence-corrected chi connectivity index (χ1v) is 8.68. The largest absolute Gasteiger partial charge is 0.368 e. The van der Waals surface area contributed by atoms with Crippen LogP contribution in [0.2, 0.25) is 0 Å². The van der Waals surface area contributed by atoms with Crippen molar-refractivity contribution in [2.45, 2.75) is 19.9 Å². The highest BCUT2D eigenvalue weighted by Crippen LogP contribution is 2.19. The zero-order valence-corrected chi connectivity index (χ0v) is 14.9. The van der Waals surface area contributed by atoms with Crippen LogP contribution < -0.4 is 20.4 Å². The fourth-order valence-electron chi connectivity index (χ4n) is 2.82. The number of aromatic nitrogens is 2. The number of hydrogen-bond donors (Lipinski definition) is 2. The minimum absolute atomic E-state index is 0.0552. The summed E-state index contributed by atoms with van der Waals surface area (Å²) in [5.41, 5.74) is 1.02. The van der Waals surface area contributed by atoms with Gasteiger partial charge in [-0.05, 0) is 50.2 Å². The smallest absolute Gasteiger partial charge is 0.320 e. The molecule has 2 N–H and O–H groups in total. The maximum absolute atomic E-state index is 13.0. The summed E-state index contributed by atoms with van der Waals surface area (Å²) < 4.78 is 13.0. The quantitative estimate of drug-likeness (QED) is 0.878. The highest BCUT2D eigenvalue weighted by molar-refractivity contribution is 5.88. The van der Waals surface area contributed by atoms with Gasteiger partial charge in [0.1, 0.15) is 5.82 Å². The van der Waals surface area contributed by atoms with Gasteiger partial charge in [0, 0.05) is 37.9 Å². The topological polar surface area (TPSA) is 73.4 Å². The molecule has 0 radical (unpaired) electrons. The molecule has 1 saturated heterocycles. The number of amides is 2. The van der Waals surface area contributed by atoms with Crippen LogP contribution in [0.5, 0.6) is 0 Å². The van der Waals surface area contributed by atoms with E-state index in [1.807, 2.05) is 19.9 Å². The molecule has 1 fully saturated rings. The number of hydrogen-bond acceptors (Lipinski definition) is 5. The van der Waals surface area contributed by atoms with Crippen LogP contribution >= 0.6 is 0 Å². The third-order valence-corrected chi connectivity index (χ3v) is 4.11. The Morgan fingerprint density at radius 1 is 1.00 bits per heavy atom. The third-order valence-electron chi connectivity index (χ3n) is 4.11. The molecule has 1 aliphatic rings. The van der Waals surface area contributed by atoms with Crippen LogP contribution in [0.4, 0.5) is 26.5 Å². The lowest BCUT2D eigenvalue weighted by Gasteiger charge is -2.36. The second-order valence-corrected chi connectivity index (χ2v) is 6.48. The molecule has 0 aliphatic carbocycles. The van der Waals surface area contributed by atoms with Gasteiger partial charge in [-0.3, -0.25) is 5.32 Å². The van der Waals surface area contributed by atoms with E-state index in [1.165, 1.54) is 12.1 Å². The summed E-state index contributed by atoms with van der Waals surface area (Å²) in [6, 6.07) is 9.92. The predicted molar refractivity (Wildman–Crippen MR) is 100 cm³/mol. The van der Waals surface area contributed by atoms with Crippen LogP contribution in [0.15, 0.2) is 36.4 Å². The van der Waals surface area contributed by atoms with Crippen molar-refractivity contribution in [3.05, 3.63) is 42.2 Å². The van der Waals surface area contributed by atoms with E-state index >= 15 is 0 Å². The summed E-state index contributed by atoms with van der Waals surface area (Å²) in [5, 5.41) is 13.7. The molecular weight excluding hydrogens is 335 g/mol. The Morgan fingerprint density at radius 3 is 2.23 bits per heavy atom. The first kappa shape index (κ1) is 17.9. The number of urea groups is 1. The van der Waals surface area contributed by atoms with Gasteiger partial charge in [-0.25, -0.2) is 9.18 Å². The minimum Gasteiger partial charge on any atom is -0.368 e. The standard InChI is InChI=1S/C18H23FN6O/c1-13(2)20-18(26)21-16-7-8-17(23-22-16)25-11-9-24(10-12-25)15-5-3-14(19)4-6-15/h3-8,13H,9-12H2,1-2H3,(H2,20,21,22,26). The first-order chi connectivity index (χ1) is 12.5. The molecule has 8 heteroatoms. The van der Waals surface area contributed by atoms with E-state index < -0.39 is 0 Å². The van der Waals surface area contributed by atoms with E-state index in [0.717, 1.165) is 37.7 Å². The molecule has 2 aromatic rings. The van der Waals surface area contributed by atoms with Crippen molar-refractivity contribution in [1.82, 2.24) is 15.5 Å². The Kier molecular flexibility index (Phi) is 5.50. The van der Waals surface area contributed by atoms with Crippen molar-refractivity contribution >= 4 is 23.4 Å². The second kappa shape index (κ2) is 7.99. The van der Waals surface area contributed by atoms with E-state index in [0.29, 0.717) is 5.82 Å².